The van der Waals surface area contributed by atoms with E-state index >= 15 is 0 Å². The van der Waals surface area contributed by atoms with E-state index in [0.29, 0.717) is 5.69 Å². The Bertz CT molecular complexity index is 483. The summed E-state index contributed by atoms with van der Waals surface area (Å²) in [6.45, 7) is 1.68. The van der Waals surface area contributed by atoms with Crippen LogP contribution in [0.4, 0.5) is 5.69 Å². The van der Waals surface area contributed by atoms with Crippen molar-refractivity contribution in [3.05, 3.63) is 29.8 Å². The number of primary amides is 1. The molecule has 0 bridgehead atoms. The van der Waals surface area contributed by atoms with Gasteiger partial charge in [0.1, 0.15) is 0 Å². The number of carbonyl (C=O) groups excluding carboxylic acids is 1. The molecule has 0 aliphatic heterocycles. The van der Waals surface area contributed by atoms with E-state index in [1.165, 1.54) is 12.1 Å². The van der Waals surface area contributed by atoms with Crippen molar-refractivity contribution in [2.75, 3.05) is 0 Å². The molecule has 0 radical (unpaired) electrons. The molecule has 2 N–H and O–H groups in total. The highest BCUT2D eigenvalue weighted by Gasteiger charge is 2.10. The van der Waals surface area contributed by atoms with Gasteiger partial charge in [-0.3, -0.25) is 4.79 Å². The second-order valence-electron chi connectivity index (χ2n) is 3.02. The van der Waals surface area contributed by atoms with Crippen molar-refractivity contribution in [1.29, 1.82) is 0 Å². The summed E-state index contributed by atoms with van der Waals surface area (Å²) in [6.07, 6.45) is 0. The van der Waals surface area contributed by atoms with Gasteiger partial charge in [-0.05, 0) is 24.6 Å². The van der Waals surface area contributed by atoms with Gasteiger partial charge >= 0.3 is 10.5 Å². The Morgan fingerprint density at radius 1 is 1.33 bits per heavy atom. The highest BCUT2D eigenvalue weighted by Crippen LogP contribution is 2.19. The van der Waals surface area contributed by atoms with Crippen molar-refractivity contribution < 1.29 is 13.2 Å². The minimum absolute atomic E-state index is 0.323. The molecule has 15 heavy (non-hydrogen) atoms. The number of carbonyl (C=O) groups is 1. The van der Waals surface area contributed by atoms with Gasteiger partial charge in [0.2, 0.25) is 5.91 Å². The Morgan fingerprint density at radius 3 is 2.27 bits per heavy atom. The molecule has 1 aromatic rings. The van der Waals surface area contributed by atoms with E-state index in [2.05, 4.69) is 4.36 Å². The summed E-state index contributed by atoms with van der Waals surface area (Å²) >= 11 is 0. The van der Waals surface area contributed by atoms with Crippen molar-refractivity contribution in [2.24, 2.45) is 10.1 Å². The summed E-state index contributed by atoms with van der Waals surface area (Å²) in [4.78, 5) is 10.9. The van der Waals surface area contributed by atoms with Crippen LogP contribution in [0.2, 0.25) is 0 Å². The fourth-order valence-electron chi connectivity index (χ4n) is 1.07. The molecule has 0 aliphatic carbocycles. The fraction of sp³-hybridized carbons (Fsp3) is 0.222. The van der Waals surface area contributed by atoms with Crippen molar-refractivity contribution in [3.8, 4) is 0 Å². The van der Waals surface area contributed by atoms with Crippen molar-refractivity contribution in [2.45, 2.75) is 12.8 Å². The zero-order chi connectivity index (χ0) is 11.4. The summed E-state index contributed by atoms with van der Waals surface area (Å²) < 4.78 is 23.8. The third-order valence-electron chi connectivity index (χ3n) is 2.00. The third kappa shape index (κ3) is 3.17. The molecule has 1 unspecified atom stereocenters. The highest BCUT2D eigenvalue weighted by molar-refractivity contribution is 7.61. The number of amides is 1. The minimum Gasteiger partial charge on any atom is -0.369 e. The van der Waals surface area contributed by atoms with E-state index in [4.69, 9.17) is 5.73 Å². The van der Waals surface area contributed by atoms with Crippen LogP contribution in [0.1, 0.15) is 18.4 Å². The minimum atomic E-state index is -2.46. The Balaban J connectivity index is 3.00. The van der Waals surface area contributed by atoms with Gasteiger partial charge in [0.15, 0.2) is 0 Å². The van der Waals surface area contributed by atoms with Crippen LogP contribution in [-0.4, -0.2) is 14.3 Å². The maximum absolute atomic E-state index is 10.9. The van der Waals surface area contributed by atoms with Gasteiger partial charge in [-0.2, -0.15) is 8.42 Å². The molecule has 1 atom stereocenters. The molecule has 0 saturated carbocycles. The molecule has 80 valence electrons. The van der Waals surface area contributed by atoms with E-state index in [9.17, 15) is 13.2 Å². The Labute approximate surface area is 88.6 Å². The van der Waals surface area contributed by atoms with Crippen LogP contribution in [-0.2, 0) is 15.3 Å². The molecule has 6 heteroatoms. The van der Waals surface area contributed by atoms with E-state index in [0.717, 1.165) is 5.56 Å². The first-order valence-corrected chi connectivity index (χ1v) is 5.24. The average Bonchev–Trinajstić information content (AvgIpc) is 2.17. The molecule has 0 aliphatic rings. The number of nitrogens with zero attached hydrogens (tertiary/aromatic N) is 1. The lowest BCUT2D eigenvalue weighted by Crippen LogP contribution is -2.18. The first-order valence-electron chi connectivity index (χ1n) is 4.21. The van der Waals surface area contributed by atoms with Gasteiger partial charge in [0.05, 0.1) is 11.6 Å². The van der Waals surface area contributed by atoms with Gasteiger partial charge in [-0.25, -0.2) is 0 Å². The summed E-state index contributed by atoms with van der Waals surface area (Å²) in [5.41, 5.74) is 6.18. The monoisotopic (exact) mass is 226 g/mol. The molecule has 0 saturated heterocycles. The zero-order valence-electron chi connectivity index (χ0n) is 8.04. The van der Waals surface area contributed by atoms with Gasteiger partial charge in [-0.15, -0.1) is 4.36 Å². The van der Waals surface area contributed by atoms with Crippen LogP contribution < -0.4 is 5.73 Å². The SMILES string of the molecule is CC(C(N)=O)c1ccc(N=S(=O)=O)cc1. The second-order valence-corrected chi connectivity index (χ2v) is 3.64. The van der Waals surface area contributed by atoms with E-state index in [-0.39, 0.29) is 0 Å². The topological polar surface area (TPSA) is 89.6 Å². The summed E-state index contributed by atoms with van der Waals surface area (Å²) in [6, 6.07) is 6.29. The van der Waals surface area contributed by atoms with Crippen LogP contribution in [0.3, 0.4) is 0 Å². The Hall–Kier alpha value is -1.69. The average molecular weight is 226 g/mol. The molecule has 0 heterocycles. The summed E-state index contributed by atoms with van der Waals surface area (Å²) in [5, 5.41) is 0. The lowest BCUT2D eigenvalue weighted by molar-refractivity contribution is -0.119. The van der Waals surface area contributed by atoms with Crippen LogP contribution in [0, 0.1) is 0 Å². The number of rotatable bonds is 3. The standard InChI is InChI=1S/C9H10N2O3S/c1-6(9(10)12)7-2-4-8(5-3-7)11-15(13)14/h2-6H,1H3,(H2,10,12). The van der Waals surface area contributed by atoms with Crippen LogP contribution in [0.15, 0.2) is 28.6 Å². The predicted molar refractivity (Wildman–Crippen MR) is 55.1 cm³/mol. The lowest BCUT2D eigenvalue weighted by atomic mass is 10.0. The first kappa shape index (κ1) is 11.4. The van der Waals surface area contributed by atoms with Gasteiger partial charge in [0, 0.05) is 0 Å². The zero-order valence-corrected chi connectivity index (χ0v) is 8.86. The molecular weight excluding hydrogens is 216 g/mol. The molecule has 5 nitrogen and oxygen atoms in total. The fourth-order valence-corrected chi connectivity index (χ4v) is 1.37. The van der Waals surface area contributed by atoms with Crippen LogP contribution in [0.5, 0.6) is 0 Å². The molecule has 0 spiro atoms. The van der Waals surface area contributed by atoms with Gasteiger partial charge in [-0.1, -0.05) is 12.1 Å². The Kier molecular flexibility index (Phi) is 3.56. The van der Waals surface area contributed by atoms with E-state index in [1.807, 2.05) is 0 Å². The van der Waals surface area contributed by atoms with Gasteiger partial charge < -0.3 is 5.73 Å². The van der Waals surface area contributed by atoms with E-state index in [1.54, 1.807) is 19.1 Å². The molecule has 1 rings (SSSR count). The number of benzene rings is 1. The third-order valence-corrected chi connectivity index (χ3v) is 2.36. The Morgan fingerprint density at radius 2 is 1.87 bits per heavy atom. The van der Waals surface area contributed by atoms with Gasteiger partial charge in [0.25, 0.3) is 0 Å². The second kappa shape index (κ2) is 4.70. The molecule has 1 aromatic carbocycles. The molecular formula is C9H10N2O3S. The predicted octanol–water partition coefficient (Wildman–Crippen LogP) is 0.970. The smallest absolute Gasteiger partial charge is 0.316 e. The van der Waals surface area contributed by atoms with Crippen molar-refractivity contribution >= 4 is 22.1 Å². The summed E-state index contributed by atoms with van der Waals surface area (Å²) in [5.74, 6) is -0.816. The van der Waals surface area contributed by atoms with Crippen LogP contribution in [0.25, 0.3) is 0 Å². The largest absolute Gasteiger partial charge is 0.369 e. The normalized spacial score (nSPS) is 11.8. The lowest BCUT2D eigenvalue weighted by Gasteiger charge is -2.06. The van der Waals surface area contributed by atoms with Crippen molar-refractivity contribution in [1.82, 2.24) is 0 Å². The summed E-state index contributed by atoms with van der Waals surface area (Å²) in [7, 11) is -2.46. The molecule has 1 amide bonds. The maximum Gasteiger partial charge on any atom is 0.316 e. The highest BCUT2D eigenvalue weighted by atomic mass is 32.2. The number of hydrogen-bond donors (Lipinski definition) is 1. The number of hydrogen-bond acceptors (Lipinski definition) is 4. The van der Waals surface area contributed by atoms with E-state index < -0.39 is 22.3 Å². The maximum atomic E-state index is 10.9. The first-order chi connectivity index (χ1) is 7.00. The molecule has 0 fully saturated rings. The quantitative estimate of drug-likeness (QED) is 0.832. The van der Waals surface area contributed by atoms with Crippen LogP contribution >= 0.6 is 0 Å². The molecule has 0 aromatic heterocycles. The number of nitrogens with two attached hydrogens (primary N) is 1. The van der Waals surface area contributed by atoms with Crippen molar-refractivity contribution in [3.63, 3.8) is 0 Å².